The molecular formula is C27H24F3N9O2S. The van der Waals surface area contributed by atoms with E-state index in [0.717, 1.165) is 42.6 Å². The number of aryl methyl sites for hydroxylation is 3. The molecule has 0 atom stereocenters. The van der Waals surface area contributed by atoms with Gasteiger partial charge in [-0.05, 0) is 55.5 Å². The molecular weight excluding hydrogens is 571 g/mol. The van der Waals surface area contributed by atoms with Crippen LogP contribution in [0.15, 0.2) is 36.4 Å². The fourth-order valence-corrected chi connectivity index (χ4v) is 4.93. The lowest BCUT2D eigenvalue weighted by Gasteiger charge is -2.11. The quantitative estimate of drug-likeness (QED) is 0.295. The molecule has 1 aliphatic heterocycles. The molecule has 5 rings (SSSR count). The SMILES string of the molecule is O=C(Cc1cccc(C(F)(F)F)n1)Nc1ccc(C#CCCc2nnc(NC(=O)Cc3cc4n(n3)CCCC4)s2)nn1. The maximum atomic E-state index is 12.8. The van der Waals surface area contributed by atoms with Crippen LogP contribution in [0.4, 0.5) is 24.1 Å². The zero-order valence-electron chi connectivity index (χ0n) is 22.1. The molecule has 0 saturated carbocycles. The number of aromatic nitrogens is 7. The number of alkyl halides is 3. The topological polar surface area (TPSA) is 140 Å². The summed E-state index contributed by atoms with van der Waals surface area (Å²) in [5, 5.41) is 26.8. The number of nitrogens with zero attached hydrogens (tertiary/aromatic N) is 7. The van der Waals surface area contributed by atoms with Crippen molar-refractivity contribution in [2.24, 2.45) is 0 Å². The van der Waals surface area contributed by atoms with Crippen LogP contribution in [0.25, 0.3) is 0 Å². The van der Waals surface area contributed by atoms with Crippen LogP contribution < -0.4 is 10.6 Å². The third-order valence-corrected chi connectivity index (χ3v) is 6.97. The van der Waals surface area contributed by atoms with Crippen molar-refractivity contribution in [2.75, 3.05) is 10.6 Å². The van der Waals surface area contributed by atoms with Crippen LogP contribution in [0.5, 0.6) is 0 Å². The number of rotatable bonds is 8. The van der Waals surface area contributed by atoms with Crippen molar-refractivity contribution in [3.63, 3.8) is 0 Å². The van der Waals surface area contributed by atoms with Crippen molar-refractivity contribution in [1.82, 2.24) is 35.2 Å². The van der Waals surface area contributed by atoms with E-state index in [2.05, 4.69) is 53.0 Å². The van der Waals surface area contributed by atoms with Crippen molar-refractivity contribution in [3.05, 3.63) is 69.9 Å². The molecule has 15 heteroatoms. The standard InChI is InChI=1S/C27H24F3N9O2S/c28-27(29,30)21-9-5-7-18(31-21)15-23(40)32-22-12-11-17(34-35-22)6-1-2-10-25-36-37-26(42-25)33-24(41)16-19-14-20-8-3-4-13-39(20)38-19/h5,7,9,11-12,14H,2-4,8,10,13,15-16H2,(H,32,35,40)(H,33,37,41). The Balaban J connectivity index is 1.05. The first-order valence-electron chi connectivity index (χ1n) is 13.0. The molecule has 5 heterocycles. The molecule has 2 N–H and O–H groups in total. The van der Waals surface area contributed by atoms with Gasteiger partial charge in [-0.1, -0.05) is 23.3 Å². The summed E-state index contributed by atoms with van der Waals surface area (Å²) in [5.41, 5.74) is 1.21. The van der Waals surface area contributed by atoms with Gasteiger partial charge in [-0.15, -0.1) is 20.4 Å². The van der Waals surface area contributed by atoms with E-state index in [9.17, 15) is 22.8 Å². The smallest absolute Gasteiger partial charge is 0.309 e. The first kappa shape index (κ1) is 28.8. The second-order valence-electron chi connectivity index (χ2n) is 9.38. The monoisotopic (exact) mass is 595 g/mol. The number of anilines is 2. The summed E-state index contributed by atoms with van der Waals surface area (Å²) in [6, 6.07) is 8.42. The average Bonchev–Trinajstić information content (AvgIpc) is 3.57. The van der Waals surface area contributed by atoms with Gasteiger partial charge in [0.25, 0.3) is 0 Å². The molecule has 2 amide bonds. The summed E-state index contributed by atoms with van der Waals surface area (Å²) in [5.74, 6) is 5.19. The molecule has 0 spiro atoms. The summed E-state index contributed by atoms with van der Waals surface area (Å²) in [6.07, 6.45) is -0.536. The van der Waals surface area contributed by atoms with Crippen LogP contribution in [0.3, 0.4) is 0 Å². The van der Waals surface area contributed by atoms with Crippen LogP contribution in [0, 0.1) is 11.8 Å². The molecule has 0 radical (unpaired) electrons. The molecule has 0 aromatic carbocycles. The third-order valence-electron chi connectivity index (χ3n) is 6.07. The number of nitrogens with one attached hydrogen (secondary N) is 2. The van der Waals surface area contributed by atoms with E-state index < -0.39 is 17.8 Å². The number of carbonyl (C=O) groups excluding carboxylic acids is 2. The van der Waals surface area contributed by atoms with Gasteiger partial charge in [-0.25, -0.2) is 4.98 Å². The Morgan fingerprint density at radius 3 is 2.60 bits per heavy atom. The lowest BCUT2D eigenvalue weighted by atomic mass is 10.1. The highest BCUT2D eigenvalue weighted by molar-refractivity contribution is 7.15. The normalized spacial score (nSPS) is 12.6. The van der Waals surface area contributed by atoms with Crippen molar-refractivity contribution in [3.8, 4) is 11.8 Å². The van der Waals surface area contributed by atoms with Gasteiger partial charge in [0.1, 0.15) is 16.4 Å². The Kier molecular flexibility index (Phi) is 8.82. The minimum atomic E-state index is -4.59. The van der Waals surface area contributed by atoms with E-state index in [1.165, 1.54) is 35.2 Å². The zero-order chi connectivity index (χ0) is 29.5. The number of fused-ring (bicyclic) bond motifs is 1. The zero-order valence-corrected chi connectivity index (χ0v) is 22.9. The molecule has 4 aromatic rings. The predicted molar refractivity (Wildman–Crippen MR) is 146 cm³/mol. The highest BCUT2D eigenvalue weighted by atomic mass is 32.1. The van der Waals surface area contributed by atoms with Crippen LogP contribution in [0.1, 0.15) is 52.7 Å². The Labute approximate surface area is 242 Å². The van der Waals surface area contributed by atoms with Gasteiger partial charge in [0, 0.05) is 25.1 Å². The molecule has 0 aliphatic carbocycles. The van der Waals surface area contributed by atoms with Crippen molar-refractivity contribution < 1.29 is 22.8 Å². The van der Waals surface area contributed by atoms with Gasteiger partial charge in [0.15, 0.2) is 5.82 Å². The lowest BCUT2D eigenvalue weighted by molar-refractivity contribution is -0.141. The lowest BCUT2D eigenvalue weighted by Crippen LogP contribution is -2.17. The van der Waals surface area contributed by atoms with Crippen LogP contribution in [-0.4, -0.2) is 47.0 Å². The minimum Gasteiger partial charge on any atom is -0.309 e. The van der Waals surface area contributed by atoms with Gasteiger partial charge >= 0.3 is 6.18 Å². The minimum absolute atomic E-state index is 0.0184. The Hall–Kier alpha value is -4.71. The van der Waals surface area contributed by atoms with Crippen LogP contribution in [-0.2, 0) is 48.0 Å². The fourth-order valence-electron chi connectivity index (χ4n) is 4.17. The largest absolute Gasteiger partial charge is 0.433 e. The number of hydrogen-bond donors (Lipinski definition) is 2. The van der Waals surface area contributed by atoms with Gasteiger partial charge in [-0.3, -0.25) is 14.3 Å². The molecule has 42 heavy (non-hydrogen) atoms. The molecule has 11 nitrogen and oxygen atoms in total. The number of hydrogen-bond acceptors (Lipinski definition) is 9. The van der Waals surface area contributed by atoms with Gasteiger partial charge in [0.05, 0.1) is 24.2 Å². The average molecular weight is 596 g/mol. The predicted octanol–water partition coefficient (Wildman–Crippen LogP) is 3.62. The maximum absolute atomic E-state index is 12.8. The summed E-state index contributed by atoms with van der Waals surface area (Å²) < 4.78 is 40.4. The van der Waals surface area contributed by atoms with Crippen molar-refractivity contribution in [1.29, 1.82) is 0 Å². The molecule has 0 bridgehead atoms. The molecule has 216 valence electrons. The Bertz CT molecular complexity index is 1620. The summed E-state index contributed by atoms with van der Waals surface area (Å²) in [7, 11) is 0. The van der Waals surface area contributed by atoms with E-state index >= 15 is 0 Å². The summed E-state index contributed by atoms with van der Waals surface area (Å²) >= 11 is 1.28. The second-order valence-corrected chi connectivity index (χ2v) is 10.4. The highest BCUT2D eigenvalue weighted by Crippen LogP contribution is 2.27. The van der Waals surface area contributed by atoms with Crippen molar-refractivity contribution >= 4 is 34.1 Å². The highest BCUT2D eigenvalue weighted by Gasteiger charge is 2.32. The molecule has 0 fully saturated rings. The van der Waals surface area contributed by atoms with Gasteiger partial charge in [-0.2, -0.15) is 18.3 Å². The summed E-state index contributed by atoms with van der Waals surface area (Å²) in [6.45, 7) is 0.892. The molecule has 0 unspecified atom stereocenters. The number of amides is 2. The maximum Gasteiger partial charge on any atom is 0.433 e. The van der Waals surface area contributed by atoms with E-state index in [1.54, 1.807) is 6.07 Å². The van der Waals surface area contributed by atoms with Crippen molar-refractivity contribution in [2.45, 2.75) is 57.7 Å². The number of pyridine rings is 1. The first-order valence-corrected chi connectivity index (χ1v) is 13.9. The first-order chi connectivity index (χ1) is 20.2. The third kappa shape index (κ3) is 7.94. The van der Waals surface area contributed by atoms with Crippen LogP contribution in [0.2, 0.25) is 0 Å². The Morgan fingerprint density at radius 1 is 0.976 bits per heavy atom. The summed E-state index contributed by atoms with van der Waals surface area (Å²) in [4.78, 5) is 28.1. The fraction of sp³-hybridized carbons (Fsp3) is 0.333. The molecule has 1 aliphatic rings. The number of carbonyl (C=O) groups is 2. The van der Waals surface area contributed by atoms with E-state index in [1.807, 2.05) is 10.7 Å². The number of halogens is 3. The molecule has 4 aromatic heterocycles. The van der Waals surface area contributed by atoms with E-state index in [-0.39, 0.29) is 30.3 Å². The van der Waals surface area contributed by atoms with Gasteiger partial charge in [0.2, 0.25) is 16.9 Å². The van der Waals surface area contributed by atoms with E-state index in [4.69, 9.17) is 0 Å². The van der Waals surface area contributed by atoms with Crippen LogP contribution >= 0.6 is 11.3 Å². The molecule has 0 saturated heterocycles. The second kappa shape index (κ2) is 12.9. The van der Waals surface area contributed by atoms with E-state index in [0.29, 0.717) is 23.7 Å². The van der Waals surface area contributed by atoms with Gasteiger partial charge < -0.3 is 10.6 Å². The Morgan fingerprint density at radius 2 is 1.81 bits per heavy atom.